The number of benzene rings is 2. The standard InChI is InChI=1S/C19H23ClN2O/c20-18-7-3-1-5-15(18)13-22-11-9-17(10-12-22)21-19-8-4-2-6-16(19)14-23/h1-8,17,21,23H,9-14H2. The zero-order valence-electron chi connectivity index (χ0n) is 13.2. The molecule has 1 heterocycles. The molecule has 1 fully saturated rings. The fourth-order valence-electron chi connectivity index (χ4n) is 3.12. The van der Waals surface area contributed by atoms with E-state index in [1.807, 2.05) is 42.5 Å². The monoisotopic (exact) mass is 330 g/mol. The minimum atomic E-state index is 0.0779. The Balaban J connectivity index is 1.53. The molecule has 3 rings (SSSR count). The lowest BCUT2D eigenvalue weighted by molar-refractivity contribution is 0.211. The highest BCUT2D eigenvalue weighted by Crippen LogP contribution is 2.23. The number of aliphatic hydroxyl groups excluding tert-OH is 1. The first kappa shape index (κ1) is 16.3. The summed E-state index contributed by atoms with van der Waals surface area (Å²) >= 11 is 6.25. The quantitative estimate of drug-likeness (QED) is 0.872. The molecule has 0 saturated carbocycles. The number of halogens is 1. The van der Waals surface area contributed by atoms with E-state index in [9.17, 15) is 5.11 Å². The van der Waals surface area contributed by atoms with Gasteiger partial charge in [-0.2, -0.15) is 0 Å². The lowest BCUT2D eigenvalue weighted by Gasteiger charge is -2.33. The number of para-hydroxylation sites is 1. The summed E-state index contributed by atoms with van der Waals surface area (Å²) in [5.74, 6) is 0. The SMILES string of the molecule is OCc1ccccc1NC1CCN(Cc2ccccc2Cl)CC1. The van der Waals surface area contributed by atoms with Crippen molar-refractivity contribution in [2.45, 2.75) is 32.0 Å². The van der Waals surface area contributed by atoms with Crippen LogP contribution in [0, 0.1) is 0 Å². The van der Waals surface area contributed by atoms with Gasteiger partial charge in [-0.25, -0.2) is 0 Å². The summed E-state index contributed by atoms with van der Waals surface area (Å²) in [6.07, 6.45) is 2.20. The average Bonchev–Trinajstić information content (AvgIpc) is 2.59. The number of hydrogen-bond donors (Lipinski definition) is 2. The van der Waals surface area contributed by atoms with Crippen LogP contribution in [0.25, 0.3) is 0 Å². The van der Waals surface area contributed by atoms with Crippen LogP contribution in [0.5, 0.6) is 0 Å². The number of rotatable bonds is 5. The predicted molar refractivity (Wildman–Crippen MR) is 95.7 cm³/mol. The fourth-order valence-corrected chi connectivity index (χ4v) is 3.32. The molecule has 1 aliphatic rings. The molecule has 122 valence electrons. The first-order valence-electron chi connectivity index (χ1n) is 8.17. The molecule has 2 aromatic rings. The zero-order valence-corrected chi connectivity index (χ0v) is 14.0. The van der Waals surface area contributed by atoms with E-state index in [1.54, 1.807) is 0 Å². The Kier molecular flexibility index (Phi) is 5.55. The highest BCUT2D eigenvalue weighted by molar-refractivity contribution is 6.31. The van der Waals surface area contributed by atoms with Crippen molar-refractivity contribution in [3.63, 3.8) is 0 Å². The Morgan fingerprint density at radius 3 is 2.35 bits per heavy atom. The summed E-state index contributed by atoms with van der Waals surface area (Å²) in [7, 11) is 0. The van der Waals surface area contributed by atoms with E-state index in [4.69, 9.17) is 11.6 Å². The second kappa shape index (κ2) is 7.82. The van der Waals surface area contributed by atoms with E-state index < -0.39 is 0 Å². The Morgan fingerprint density at radius 2 is 1.65 bits per heavy atom. The van der Waals surface area contributed by atoms with E-state index in [-0.39, 0.29) is 6.61 Å². The van der Waals surface area contributed by atoms with Crippen LogP contribution >= 0.6 is 11.6 Å². The first-order chi connectivity index (χ1) is 11.3. The van der Waals surface area contributed by atoms with E-state index in [1.165, 1.54) is 5.56 Å². The van der Waals surface area contributed by atoms with E-state index >= 15 is 0 Å². The topological polar surface area (TPSA) is 35.5 Å². The van der Waals surface area contributed by atoms with Crippen LogP contribution in [0.2, 0.25) is 5.02 Å². The molecule has 2 aromatic carbocycles. The van der Waals surface area contributed by atoms with Crippen LogP contribution in [-0.2, 0) is 13.2 Å². The van der Waals surface area contributed by atoms with E-state index in [2.05, 4.69) is 16.3 Å². The van der Waals surface area contributed by atoms with Crippen LogP contribution in [0.15, 0.2) is 48.5 Å². The van der Waals surface area contributed by atoms with Crippen LogP contribution in [0.3, 0.4) is 0 Å². The summed E-state index contributed by atoms with van der Waals surface area (Å²) in [6, 6.07) is 16.5. The second-order valence-corrected chi connectivity index (χ2v) is 6.51. The van der Waals surface area contributed by atoms with Crippen LogP contribution < -0.4 is 5.32 Å². The van der Waals surface area contributed by atoms with Gasteiger partial charge in [0.2, 0.25) is 0 Å². The second-order valence-electron chi connectivity index (χ2n) is 6.10. The van der Waals surface area contributed by atoms with Crippen molar-refractivity contribution in [3.05, 3.63) is 64.7 Å². The van der Waals surface area contributed by atoms with Crippen LogP contribution in [0.4, 0.5) is 5.69 Å². The molecule has 0 aromatic heterocycles. The summed E-state index contributed by atoms with van der Waals surface area (Å²) in [6.45, 7) is 3.11. The van der Waals surface area contributed by atoms with Gasteiger partial charge < -0.3 is 10.4 Å². The molecular weight excluding hydrogens is 308 g/mol. The minimum Gasteiger partial charge on any atom is -0.392 e. The van der Waals surface area contributed by atoms with Crippen molar-refractivity contribution in [1.29, 1.82) is 0 Å². The number of aliphatic hydroxyl groups is 1. The van der Waals surface area contributed by atoms with Crippen molar-refractivity contribution < 1.29 is 5.11 Å². The molecule has 1 saturated heterocycles. The third-order valence-electron chi connectivity index (χ3n) is 4.49. The number of piperidine rings is 1. The summed E-state index contributed by atoms with van der Waals surface area (Å²) < 4.78 is 0. The van der Waals surface area contributed by atoms with Gasteiger partial charge in [0.1, 0.15) is 0 Å². The largest absolute Gasteiger partial charge is 0.392 e. The number of nitrogens with zero attached hydrogens (tertiary/aromatic N) is 1. The molecule has 1 aliphatic heterocycles. The normalized spacial score (nSPS) is 16.4. The smallest absolute Gasteiger partial charge is 0.0701 e. The molecule has 0 spiro atoms. The summed E-state index contributed by atoms with van der Waals surface area (Å²) in [5.41, 5.74) is 3.22. The molecule has 0 atom stereocenters. The molecule has 0 amide bonds. The fraction of sp³-hybridized carbons (Fsp3) is 0.368. The van der Waals surface area contributed by atoms with Crippen LogP contribution in [-0.4, -0.2) is 29.1 Å². The molecule has 0 aliphatic carbocycles. The van der Waals surface area contributed by atoms with Gasteiger partial charge >= 0.3 is 0 Å². The number of hydrogen-bond acceptors (Lipinski definition) is 3. The van der Waals surface area contributed by atoms with Crippen molar-refractivity contribution in [1.82, 2.24) is 4.90 Å². The van der Waals surface area contributed by atoms with Crippen molar-refractivity contribution in [3.8, 4) is 0 Å². The molecule has 0 radical (unpaired) electrons. The molecule has 0 bridgehead atoms. The number of anilines is 1. The maximum Gasteiger partial charge on any atom is 0.0701 e. The van der Waals surface area contributed by atoms with Crippen molar-refractivity contribution >= 4 is 17.3 Å². The van der Waals surface area contributed by atoms with E-state index in [0.717, 1.165) is 48.7 Å². The maximum atomic E-state index is 9.42. The lowest BCUT2D eigenvalue weighted by Crippen LogP contribution is -2.38. The van der Waals surface area contributed by atoms with Gasteiger partial charge in [0.05, 0.1) is 6.61 Å². The van der Waals surface area contributed by atoms with Gasteiger partial charge in [0.15, 0.2) is 0 Å². The first-order valence-corrected chi connectivity index (χ1v) is 8.55. The molecule has 2 N–H and O–H groups in total. The third-order valence-corrected chi connectivity index (χ3v) is 4.86. The van der Waals surface area contributed by atoms with E-state index in [0.29, 0.717) is 6.04 Å². The van der Waals surface area contributed by atoms with Gasteiger partial charge in [0, 0.05) is 41.9 Å². The summed E-state index contributed by atoms with van der Waals surface area (Å²) in [5, 5.41) is 13.9. The Morgan fingerprint density at radius 1 is 1.00 bits per heavy atom. The Bertz CT molecular complexity index is 639. The zero-order chi connectivity index (χ0) is 16.1. The van der Waals surface area contributed by atoms with Gasteiger partial charge in [0.25, 0.3) is 0 Å². The van der Waals surface area contributed by atoms with Gasteiger partial charge in [-0.05, 0) is 30.5 Å². The highest BCUT2D eigenvalue weighted by atomic mass is 35.5. The van der Waals surface area contributed by atoms with Gasteiger partial charge in [-0.3, -0.25) is 4.90 Å². The van der Waals surface area contributed by atoms with Crippen LogP contribution in [0.1, 0.15) is 24.0 Å². The third kappa shape index (κ3) is 4.25. The average molecular weight is 331 g/mol. The predicted octanol–water partition coefficient (Wildman–Crippen LogP) is 3.91. The molecule has 3 nitrogen and oxygen atoms in total. The molecule has 4 heteroatoms. The minimum absolute atomic E-state index is 0.0779. The number of likely N-dealkylation sites (tertiary alicyclic amines) is 1. The number of nitrogens with one attached hydrogen (secondary N) is 1. The molecular formula is C19H23ClN2O. The summed E-state index contributed by atoms with van der Waals surface area (Å²) in [4.78, 5) is 2.46. The highest BCUT2D eigenvalue weighted by Gasteiger charge is 2.20. The lowest BCUT2D eigenvalue weighted by atomic mass is 10.0. The Hall–Kier alpha value is -1.55. The van der Waals surface area contributed by atoms with Gasteiger partial charge in [-0.15, -0.1) is 0 Å². The van der Waals surface area contributed by atoms with Gasteiger partial charge in [-0.1, -0.05) is 48.0 Å². The molecule has 23 heavy (non-hydrogen) atoms. The maximum absolute atomic E-state index is 9.42. The van der Waals surface area contributed by atoms with Crippen molar-refractivity contribution in [2.75, 3.05) is 18.4 Å². The van der Waals surface area contributed by atoms with Crippen molar-refractivity contribution in [2.24, 2.45) is 0 Å². The molecule has 0 unspecified atom stereocenters. The Labute approximate surface area is 142 Å².